The molecule has 0 aliphatic heterocycles. The number of fused-ring (bicyclic) bond motifs is 1. The van der Waals surface area contributed by atoms with E-state index in [9.17, 15) is 13.2 Å². The Kier molecular flexibility index (Phi) is 3.98. The van der Waals surface area contributed by atoms with E-state index in [1.807, 2.05) is 0 Å². The maximum absolute atomic E-state index is 13.4. The zero-order valence-corrected chi connectivity index (χ0v) is 13.3. The highest BCUT2D eigenvalue weighted by Crippen LogP contribution is 2.37. The Balaban J connectivity index is 2.30. The minimum absolute atomic E-state index is 0.0249. The van der Waals surface area contributed by atoms with Crippen LogP contribution in [0.4, 0.5) is 13.2 Å². The maximum Gasteiger partial charge on any atom is 0.417 e. The Hall–Kier alpha value is -1.79. The third kappa shape index (κ3) is 2.88. The number of aromatic nitrogens is 3. The van der Waals surface area contributed by atoms with Gasteiger partial charge in [0.15, 0.2) is 5.65 Å². The molecule has 2 heterocycles. The minimum atomic E-state index is -4.51. The number of rotatable bonds is 2. The van der Waals surface area contributed by atoms with Gasteiger partial charge in [-0.25, -0.2) is 9.67 Å². The summed E-state index contributed by atoms with van der Waals surface area (Å²) < 4.78 is 41.5. The molecule has 0 fully saturated rings. The highest BCUT2D eigenvalue weighted by atomic mass is 35.5. The van der Waals surface area contributed by atoms with Gasteiger partial charge in [-0.1, -0.05) is 29.3 Å². The van der Waals surface area contributed by atoms with Gasteiger partial charge in [-0.3, -0.25) is 0 Å². The quantitative estimate of drug-likeness (QED) is 0.609. The van der Waals surface area contributed by atoms with Crippen LogP contribution in [0.3, 0.4) is 0 Å². The highest BCUT2D eigenvalue weighted by molar-refractivity contribution is 6.42. The summed E-state index contributed by atoms with van der Waals surface area (Å²) in [5.41, 5.74) is 0.0286. The van der Waals surface area contributed by atoms with Crippen molar-refractivity contribution in [2.75, 3.05) is 0 Å². The van der Waals surface area contributed by atoms with Gasteiger partial charge in [-0.05, 0) is 25.1 Å². The lowest BCUT2D eigenvalue weighted by atomic mass is 10.1. The smallest absolute Gasteiger partial charge is 0.248 e. The molecule has 3 nitrogen and oxygen atoms in total. The van der Waals surface area contributed by atoms with E-state index in [-0.39, 0.29) is 21.7 Å². The molecular formula is C15H10Cl2F3N3. The van der Waals surface area contributed by atoms with Crippen LogP contribution in [-0.4, -0.2) is 14.8 Å². The van der Waals surface area contributed by atoms with Crippen molar-refractivity contribution in [3.8, 4) is 11.3 Å². The van der Waals surface area contributed by atoms with Crippen LogP contribution in [0.1, 0.15) is 12.5 Å². The first-order valence-electron chi connectivity index (χ1n) is 6.70. The second kappa shape index (κ2) is 5.69. The van der Waals surface area contributed by atoms with Crippen LogP contribution >= 0.6 is 23.2 Å². The molecule has 0 atom stereocenters. The summed E-state index contributed by atoms with van der Waals surface area (Å²) in [5, 5.41) is 4.52. The number of alkyl halides is 3. The number of nitrogens with zero attached hydrogens (tertiary/aromatic N) is 3. The SMILES string of the molecule is CCn1ncc2c(C(F)(F)F)cc(-c3ccc(Cl)c(Cl)c3)nc21. The Morgan fingerprint density at radius 2 is 1.87 bits per heavy atom. The normalized spacial score (nSPS) is 12.1. The monoisotopic (exact) mass is 359 g/mol. The lowest BCUT2D eigenvalue weighted by Gasteiger charge is -2.11. The van der Waals surface area contributed by atoms with Gasteiger partial charge in [0.25, 0.3) is 0 Å². The minimum Gasteiger partial charge on any atom is -0.248 e. The molecule has 23 heavy (non-hydrogen) atoms. The van der Waals surface area contributed by atoms with E-state index >= 15 is 0 Å². The first kappa shape index (κ1) is 16.1. The van der Waals surface area contributed by atoms with E-state index < -0.39 is 11.7 Å². The van der Waals surface area contributed by atoms with E-state index in [2.05, 4.69) is 10.1 Å². The van der Waals surface area contributed by atoms with Gasteiger partial charge in [0, 0.05) is 12.1 Å². The Bertz CT molecular complexity index is 888. The van der Waals surface area contributed by atoms with Crippen molar-refractivity contribution >= 4 is 34.2 Å². The topological polar surface area (TPSA) is 30.7 Å². The van der Waals surface area contributed by atoms with Gasteiger partial charge in [0.1, 0.15) is 0 Å². The standard InChI is InChI=1S/C15H10Cl2F3N3/c1-2-23-14-9(7-21-23)10(15(18,19)20)6-13(22-14)8-3-4-11(16)12(17)5-8/h3-7H,2H2,1H3. The van der Waals surface area contributed by atoms with E-state index in [0.717, 1.165) is 6.07 Å². The molecule has 3 aromatic rings. The van der Waals surface area contributed by atoms with Crippen LogP contribution in [0, 0.1) is 0 Å². The van der Waals surface area contributed by atoms with Gasteiger partial charge >= 0.3 is 6.18 Å². The molecule has 0 saturated heterocycles. The summed E-state index contributed by atoms with van der Waals surface area (Å²) in [6, 6.07) is 5.60. The van der Waals surface area contributed by atoms with Crippen molar-refractivity contribution in [2.24, 2.45) is 0 Å². The van der Waals surface area contributed by atoms with E-state index in [1.54, 1.807) is 13.0 Å². The number of benzene rings is 1. The van der Waals surface area contributed by atoms with Gasteiger partial charge < -0.3 is 0 Å². The summed E-state index contributed by atoms with van der Waals surface area (Å²) in [6.07, 6.45) is -3.32. The molecule has 1 aromatic carbocycles. The first-order chi connectivity index (χ1) is 10.8. The Labute approximate surface area is 139 Å². The fourth-order valence-electron chi connectivity index (χ4n) is 2.32. The summed E-state index contributed by atoms with van der Waals surface area (Å²) in [6.45, 7) is 2.20. The fourth-order valence-corrected chi connectivity index (χ4v) is 2.62. The molecule has 0 aliphatic carbocycles. The predicted octanol–water partition coefficient (Wildman–Crippen LogP) is 5.44. The van der Waals surface area contributed by atoms with Gasteiger partial charge in [-0.2, -0.15) is 18.3 Å². The largest absolute Gasteiger partial charge is 0.417 e. The average molecular weight is 360 g/mol. The Morgan fingerprint density at radius 3 is 2.48 bits per heavy atom. The molecular weight excluding hydrogens is 350 g/mol. The van der Waals surface area contributed by atoms with Crippen molar-refractivity contribution in [3.63, 3.8) is 0 Å². The third-order valence-electron chi connectivity index (χ3n) is 3.43. The van der Waals surface area contributed by atoms with Crippen molar-refractivity contribution < 1.29 is 13.2 Å². The Morgan fingerprint density at radius 1 is 1.13 bits per heavy atom. The van der Waals surface area contributed by atoms with Crippen molar-refractivity contribution in [1.29, 1.82) is 0 Å². The average Bonchev–Trinajstić information content (AvgIpc) is 2.91. The molecule has 0 amide bonds. The zero-order valence-electron chi connectivity index (χ0n) is 11.8. The van der Waals surface area contributed by atoms with Gasteiger partial charge in [-0.15, -0.1) is 0 Å². The van der Waals surface area contributed by atoms with Crippen LogP contribution in [-0.2, 0) is 12.7 Å². The lowest BCUT2D eigenvalue weighted by Crippen LogP contribution is -2.07. The van der Waals surface area contributed by atoms with Crippen LogP contribution in [0.25, 0.3) is 22.3 Å². The molecule has 0 N–H and O–H groups in total. The molecule has 120 valence electrons. The first-order valence-corrected chi connectivity index (χ1v) is 7.46. The molecule has 0 radical (unpaired) electrons. The summed E-state index contributed by atoms with van der Waals surface area (Å²) in [4.78, 5) is 4.32. The van der Waals surface area contributed by atoms with Gasteiger partial charge in [0.2, 0.25) is 0 Å². The summed E-state index contributed by atoms with van der Waals surface area (Å²) >= 11 is 11.8. The number of halogens is 5. The highest BCUT2D eigenvalue weighted by Gasteiger charge is 2.34. The van der Waals surface area contributed by atoms with Gasteiger partial charge in [0.05, 0.1) is 32.9 Å². The second-order valence-corrected chi connectivity index (χ2v) is 5.69. The molecule has 3 rings (SSSR count). The van der Waals surface area contributed by atoms with E-state index in [0.29, 0.717) is 17.1 Å². The zero-order chi connectivity index (χ0) is 16.8. The van der Waals surface area contributed by atoms with Crippen molar-refractivity contribution in [3.05, 3.63) is 46.1 Å². The molecule has 0 bridgehead atoms. The molecule has 2 aromatic heterocycles. The van der Waals surface area contributed by atoms with Crippen molar-refractivity contribution in [2.45, 2.75) is 19.6 Å². The molecule has 0 unspecified atom stereocenters. The predicted molar refractivity (Wildman–Crippen MR) is 83.7 cm³/mol. The number of pyridine rings is 1. The van der Waals surface area contributed by atoms with Crippen LogP contribution in [0.2, 0.25) is 10.0 Å². The molecule has 8 heteroatoms. The third-order valence-corrected chi connectivity index (χ3v) is 4.17. The maximum atomic E-state index is 13.4. The van der Waals surface area contributed by atoms with Crippen molar-refractivity contribution in [1.82, 2.24) is 14.8 Å². The molecule has 0 spiro atoms. The number of hydrogen-bond donors (Lipinski definition) is 0. The van der Waals surface area contributed by atoms with Crippen LogP contribution < -0.4 is 0 Å². The van der Waals surface area contributed by atoms with Crippen LogP contribution in [0.15, 0.2) is 30.5 Å². The summed E-state index contributed by atoms with van der Waals surface area (Å²) in [5.74, 6) is 0. The lowest BCUT2D eigenvalue weighted by molar-refractivity contribution is -0.136. The number of hydrogen-bond acceptors (Lipinski definition) is 2. The fraction of sp³-hybridized carbons (Fsp3) is 0.200. The summed E-state index contributed by atoms with van der Waals surface area (Å²) in [7, 11) is 0. The van der Waals surface area contributed by atoms with Crippen LogP contribution in [0.5, 0.6) is 0 Å². The number of aryl methyl sites for hydroxylation is 1. The van der Waals surface area contributed by atoms with E-state index in [4.69, 9.17) is 23.2 Å². The second-order valence-electron chi connectivity index (χ2n) is 4.88. The molecule has 0 aliphatic rings. The molecule has 0 saturated carbocycles. The van der Waals surface area contributed by atoms with E-state index in [1.165, 1.54) is 23.0 Å².